The summed E-state index contributed by atoms with van der Waals surface area (Å²) in [6.45, 7) is 6.35. The van der Waals surface area contributed by atoms with E-state index in [4.69, 9.17) is 4.74 Å². The molecule has 1 aliphatic carbocycles. The molecule has 2 saturated heterocycles. The molecule has 2 aliphatic heterocycles. The molecule has 0 aromatic carbocycles. The summed E-state index contributed by atoms with van der Waals surface area (Å²) in [6, 6.07) is 0.213. The summed E-state index contributed by atoms with van der Waals surface area (Å²) >= 11 is 0. The molecule has 2 heterocycles. The van der Waals surface area contributed by atoms with Crippen molar-refractivity contribution in [2.45, 2.75) is 38.6 Å². The highest BCUT2D eigenvalue weighted by Crippen LogP contribution is 2.41. The summed E-state index contributed by atoms with van der Waals surface area (Å²) in [4.78, 5) is 15.0. The lowest BCUT2D eigenvalue weighted by molar-refractivity contribution is -0.126. The van der Waals surface area contributed by atoms with E-state index < -0.39 is 9.84 Å². The second kappa shape index (κ2) is 7.70. The molecule has 3 aliphatic rings. The van der Waals surface area contributed by atoms with Gasteiger partial charge in [0.2, 0.25) is 5.91 Å². The molecule has 2 atom stereocenters. The molecule has 7 heteroatoms. The smallest absolute Gasteiger partial charge is 0.223 e. The minimum atomic E-state index is -2.91. The van der Waals surface area contributed by atoms with Gasteiger partial charge in [0.15, 0.2) is 0 Å². The zero-order valence-corrected chi connectivity index (χ0v) is 15.4. The lowest BCUT2D eigenvalue weighted by atomic mass is 9.96. The van der Waals surface area contributed by atoms with Crippen molar-refractivity contribution >= 4 is 15.7 Å². The van der Waals surface area contributed by atoms with E-state index in [1.807, 2.05) is 6.92 Å². The van der Waals surface area contributed by atoms with Gasteiger partial charge in [-0.2, -0.15) is 0 Å². The van der Waals surface area contributed by atoms with Crippen LogP contribution in [-0.4, -0.2) is 69.6 Å². The number of amides is 1. The maximum absolute atomic E-state index is 12.6. The molecule has 0 aromatic rings. The normalized spacial score (nSPS) is 31.2. The first-order valence-corrected chi connectivity index (χ1v) is 11.1. The summed E-state index contributed by atoms with van der Waals surface area (Å²) in [5.74, 6) is 1.53. The fourth-order valence-electron chi connectivity index (χ4n) is 4.04. The maximum Gasteiger partial charge on any atom is 0.223 e. The molecule has 1 N–H and O–H groups in total. The van der Waals surface area contributed by atoms with Gasteiger partial charge in [0.25, 0.3) is 0 Å². The molecule has 6 nitrogen and oxygen atoms in total. The van der Waals surface area contributed by atoms with E-state index in [0.29, 0.717) is 18.8 Å². The third kappa shape index (κ3) is 4.70. The number of nitrogens with one attached hydrogen (secondary N) is 1. The number of ether oxygens (including phenoxy) is 1. The molecule has 0 aromatic heterocycles. The van der Waals surface area contributed by atoms with E-state index in [1.165, 1.54) is 12.8 Å². The lowest BCUT2D eigenvalue weighted by Crippen LogP contribution is -2.45. The van der Waals surface area contributed by atoms with Crippen molar-refractivity contribution < 1.29 is 17.9 Å². The average molecular weight is 359 g/mol. The number of nitrogens with zero attached hydrogens (tertiary/aromatic N) is 1. The van der Waals surface area contributed by atoms with Gasteiger partial charge in [0, 0.05) is 38.2 Å². The van der Waals surface area contributed by atoms with Crippen LogP contribution in [0.4, 0.5) is 0 Å². The third-order valence-electron chi connectivity index (χ3n) is 5.68. The number of hydrogen-bond acceptors (Lipinski definition) is 5. The zero-order chi connectivity index (χ0) is 17.2. The summed E-state index contributed by atoms with van der Waals surface area (Å²) in [7, 11) is -2.91. The van der Waals surface area contributed by atoms with Crippen LogP contribution in [0.1, 0.15) is 32.6 Å². The molecular formula is C17H30N2O4S. The number of likely N-dealkylation sites (tertiary alicyclic amines) is 1. The summed E-state index contributed by atoms with van der Waals surface area (Å²) < 4.78 is 28.5. The third-order valence-corrected chi connectivity index (χ3v) is 7.39. The van der Waals surface area contributed by atoms with Gasteiger partial charge in [0.05, 0.1) is 18.1 Å². The van der Waals surface area contributed by atoms with Crippen LogP contribution in [0.15, 0.2) is 0 Å². The van der Waals surface area contributed by atoms with Crippen molar-refractivity contribution in [3.05, 3.63) is 0 Å². The highest BCUT2D eigenvalue weighted by Gasteiger charge is 2.43. The van der Waals surface area contributed by atoms with Crippen LogP contribution in [-0.2, 0) is 19.4 Å². The molecule has 1 amide bonds. The van der Waals surface area contributed by atoms with E-state index in [2.05, 4.69) is 10.2 Å². The van der Waals surface area contributed by atoms with Gasteiger partial charge in [-0.05, 0) is 44.4 Å². The summed E-state index contributed by atoms with van der Waals surface area (Å²) in [6.07, 6.45) is 3.50. The van der Waals surface area contributed by atoms with Gasteiger partial charge in [-0.25, -0.2) is 8.42 Å². The minimum absolute atomic E-state index is 0.0622. The number of hydrogen-bond donors (Lipinski definition) is 1. The molecule has 138 valence electrons. The van der Waals surface area contributed by atoms with Crippen LogP contribution in [0.3, 0.4) is 0 Å². The molecule has 3 rings (SSSR count). The van der Waals surface area contributed by atoms with Crippen LogP contribution in [0.25, 0.3) is 0 Å². The Morgan fingerprint density at radius 1 is 1.17 bits per heavy atom. The highest BCUT2D eigenvalue weighted by atomic mass is 32.2. The number of rotatable bonds is 7. The van der Waals surface area contributed by atoms with Crippen molar-refractivity contribution in [1.82, 2.24) is 10.2 Å². The first kappa shape index (κ1) is 18.1. The van der Waals surface area contributed by atoms with Gasteiger partial charge >= 0.3 is 0 Å². The maximum atomic E-state index is 12.6. The van der Waals surface area contributed by atoms with E-state index in [-0.39, 0.29) is 29.4 Å². The predicted octanol–water partition coefficient (Wildman–Crippen LogP) is 0.674. The van der Waals surface area contributed by atoms with Crippen molar-refractivity contribution in [3.8, 4) is 0 Å². The quantitative estimate of drug-likeness (QED) is 0.677. The fourth-order valence-corrected chi connectivity index (χ4v) is 5.53. The van der Waals surface area contributed by atoms with Crippen molar-refractivity contribution in [2.24, 2.45) is 17.8 Å². The van der Waals surface area contributed by atoms with Crippen molar-refractivity contribution in [1.29, 1.82) is 0 Å². The summed E-state index contributed by atoms with van der Waals surface area (Å²) in [5.41, 5.74) is 0. The second-order valence-electron chi connectivity index (χ2n) is 7.50. The van der Waals surface area contributed by atoms with Crippen LogP contribution >= 0.6 is 0 Å². The molecular weight excluding hydrogens is 328 g/mol. The molecule has 1 saturated carbocycles. The minimum Gasteiger partial charge on any atom is -0.380 e. The van der Waals surface area contributed by atoms with E-state index in [0.717, 1.165) is 38.8 Å². The standard InChI is InChI=1S/C17H30N2O4S/c1-2-23-8-7-19-11-15(13-3-4-13)16(12-19)18-17(20)14-5-9-24(21,22)10-6-14/h13-16H,2-12H2,1H3,(H,18,20)/t15-,16+/m1/s1. The average Bonchev–Trinajstić information content (AvgIpc) is 3.30. The SMILES string of the molecule is CCOCCN1C[C@H](NC(=O)C2CCS(=O)(=O)CC2)[C@@H](C2CC2)C1. The Hall–Kier alpha value is -0.660. The number of carbonyl (C=O) groups is 1. The molecule has 24 heavy (non-hydrogen) atoms. The van der Waals surface area contributed by atoms with Crippen LogP contribution in [0, 0.1) is 17.8 Å². The zero-order valence-electron chi connectivity index (χ0n) is 14.6. The van der Waals surface area contributed by atoms with E-state index >= 15 is 0 Å². The van der Waals surface area contributed by atoms with Gasteiger partial charge in [-0.1, -0.05) is 0 Å². The van der Waals surface area contributed by atoms with Gasteiger partial charge < -0.3 is 10.1 Å². The molecule has 3 fully saturated rings. The molecule has 0 bridgehead atoms. The van der Waals surface area contributed by atoms with Crippen molar-refractivity contribution in [2.75, 3.05) is 44.4 Å². The Labute approximate surface area is 145 Å². The fraction of sp³-hybridized carbons (Fsp3) is 0.941. The van der Waals surface area contributed by atoms with Crippen LogP contribution in [0.5, 0.6) is 0 Å². The molecule has 0 radical (unpaired) electrons. The monoisotopic (exact) mass is 358 g/mol. The number of carbonyl (C=O) groups excluding carboxylic acids is 1. The van der Waals surface area contributed by atoms with Crippen LogP contribution < -0.4 is 5.32 Å². The summed E-state index contributed by atoms with van der Waals surface area (Å²) in [5, 5.41) is 3.25. The highest BCUT2D eigenvalue weighted by molar-refractivity contribution is 7.91. The Kier molecular flexibility index (Phi) is 5.82. The van der Waals surface area contributed by atoms with Gasteiger partial charge in [-0.3, -0.25) is 9.69 Å². The van der Waals surface area contributed by atoms with Gasteiger partial charge in [-0.15, -0.1) is 0 Å². The van der Waals surface area contributed by atoms with E-state index in [1.54, 1.807) is 0 Å². The number of sulfone groups is 1. The second-order valence-corrected chi connectivity index (χ2v) is 9.80. The molecule has 0 spiro atoms. The predicted molar refractivity (Wildman–Crippen MR) is 92.5 cm³/mol. The van der Waals surface area contributed by atoms with E-state index in [9.17, 15) is 13.2 Å². The Bertz CT molecular complexity index is 533. The van der Waals surface area contributed by atoms with Crippen molar-refractivity contribution in [3.63, 3.8) is 0 Å². The largest absolute Gasteiger partial charge is 0.380 e. The van der Waals surface area contributed by atoms with Gasteiger partial charge in [0.1, 0.15) is 9.84 Å². The Morgan fingerprint density at radius 2 is 1.88 bits per heavy atom. The topological polar surface area (TPSA) is 75.7 Å². The molecule has 0 unspecified atom stereocenters. The van der Waals surface area contributed by atoms with Crippen LogP contribution in [0.2, 0.25) is 0 Å². The first-order valence-electron chi connectivity index (χ1n) is 9.29. The lowest BCUT2D eigenvalue weighted by Gasteiger charge is -2.25. The Morgan fingerprint density at radius 3 is 2.50 bits per heavy atom. The first-order chi connectivity index (χ1) is 11.5. The Balaban J connectivity index is 1.51.